The number of amides is 2. The molecule has 6 nitrogen and oxygen atoms in total. The fraction of sp³-hybridized carbons (Fsp3) is 0.636. The maximum atomic E-state index is 12.6. The normalized spacial score (nSPS) is 24.1. The van der Waals surface area contributed by atoms with Crippen molar-refractivity contribution in [2.24, 2.45) is 5.92 Å². The van der Waals surface area contributed by atoms with Crippen LogP contribution in [0.1, 0.15) is 44.1 Å². The first-order valence-electron chi connectivity index (χ1n) is 10.7. The van der Waals surface area contributed by atoms with E-state index in [1.54, 1.807) is 18.2 Å². The van der Waals surface area contributed by atoms with E-state index in [2.05, 4.69) is 10.2 Å². The molecule has 1 aromatic rings. The number of phenols is 1. The Morgan fingerprint density at radius 1 is 1.07 bits per heavy atom. The number of likely N-dealkylation sites (tertiary alicyclic amines) is 2. The number of rotatable bonds is 5. The number of hydrogen-bond donors (Lipinski definition) is 2. The van der Waals surface area contributed by atoms with Gasteiger partial charge in [-0.15, -0.1) is 0 Å². The Balaban J connectivity index is 1.25. The van der Waals surface area contributed by atoms with Crippen molar-refractivity contribution in [1.29, 1.82) is 0 Å². The van der Waals surface area contributed by atoms with Gasteiger partial charge in [0.15, 0.2) is 0 Å². The molecular weight excluding hydrogens is 354 g/mol. The van der Waals surface area contributed by atoms with Crippen LogP contribution in [0.25, 0.3) is 0 Å². The van der Waals surface area contributed by atoms with Gasteiger partial charge in [0.1, 0.15) is 5.75 Å². The first kappa shape index (κ1) is 19.2. The van der Waals surface area contributed by atoms with E-state index in [4.69, 9.17) is 0 Å². The summed E-state index contributed by atoms with van der Waals surface area (Å²) in [4.78, 5) is 29.4. The average Bonchev–Trinajstić information content (AvgIpc) is 3.52. The van der Waals surface area contributed by atoms with Crippen molar-refractivity contribution in [2.75, 3.05) is 26.2 Å². The maximum Gasteiger partial charge on any atom is 0.226 e. The molecule has 0 bridgehead atoms. The summed E-state index contributed by atoms with van der Waals surface area (Å²) >= 11 is 0. The third kappa shape index (κ3) is 4.85. The highest BCUT2D eigenvalue weighted by atomic mass is 16.3. The number of aromatic hydroxyl groups is 1. The second-order valence-corrected chi connectivity index (χ2v) is 8.58. The molecule has 152 valence electrons. The molecule has 1 aromatic carbocycles. The lowest BCUT2D eigenvalue weighted by atomic mass is 9.93. The molecule has 0 radical (unpaired) electrons. The standard InChI is InChI=1S/C22H31N3O3/c26-20-5-1-3-16(13-20)14-21(27)24-11-8-19(9-12-24)25-10-2-4-17(15-25)22(28)23-18-6-7-18/h1,3,5,13,17-19,26H,2,4,6-12,14-15H2,(H,23,28)/t17-/m1/s1. The van der Waals surface area contributed by atoms with Gasteiger partial charge in [-0.1, -0.05) is 12.1 Å². The fourth-order valence-corrected chi connectivity index (χ4v) is 4.53. The molecule has 3 fully saturated rings. The van der Waals surface area contributed by atoms with Crippen LogP contribution in [-0.4, -0.2) is 65.0 Å². The number of carbonyl (C=O) groups excluding carboxylic acids is 2. The number of phenolic OH excluding ortho intramolecular Hbond substituents is 1. The van der Waals surface area contributed by atoms with Crippen LogP contribution in [0.2, 0.25) is 0 Å². The van der Waals surface area contributed by atoms with Crippen LogP contribution in [0.3, 0.4) is 0 Å². The second-order valence-electron chi connectivity index (χ2n) is 8.58. The summed E-state index contributed by atoms with van der Waals surface area (Å²) in [6, 6.07) is 7.84. The molecule has 1 aliphatic carbocycles. The molecule has 28 heavy (non-hydrogen) atoms. The summed E-state index contributed by atoms with van der Waals surface area (Å²) in [5, 5.41) is 12.7. The molecule has 2 heterocycles. The van der Waals surface area contributed by atoms with E-state index < -0.39 is 0 Å². The van der Waals surface area contributed by atoms with Crippen LogP contribution in [0.5, 0.6) is 5.75 Å². The Morgan fingerprint density at radius 3 is 2.57 bits per heavy atom. The average molecular weight is 386 g/mol. The van der Waals surface area contributed by atoms with Crippen molar-refractivity contribution in [3.05, 3.63) is 29.8 Å². The minimum Gasteiger partial charge on any atom is -0.508 e. The monoisotopic (exact) mass is 385 g/mol. The molecule has 0 unspecified atom stereocenters. The third-order valence-electron chi connectivity index (χ3n) is 6.35. The van der Waals surface area contributed by atoms with E-state index >= 15 is 0 Å². The molecule has 2 saturated heterocycles. The van der Waals surface area contributed by atoms with Crippen molar-refractivity contribution in [3.63, 3.8) is 0 Å². The van der Waals surface area contributed by atoms with Gasteiger partial charge in [0.05, 0.1) is 12.3 Å². The summed E-state index contributed by atoms with van der Waals surface area (Å²) < 4.78 is 0. The van der Waals surface area contributed by atoms with Gasteiger partial charge in [0.2, 0.25) is 11.8 Å². The summed E-state index contributed by atoms with van der Waals surface area (Å²) in [6.45, 7) is 3.48. The van der Waals surface area contributed by atoms with Gasteiger partial charge in [0, 0.05) is 31.7 Å². The molecule has 2 amide bonds. The maximum absolute atomic E-state index is 12.6. The van der Waals surface area contributed by atoms with E-state index in [1.807, 2.05) is 11.0 Å². The number of carbonyl (C=O) groups is 2. The number of nitrogens with zero attached hydrogens (tertiary/aromatic N) is 2. The lowest BCUT2D eigenvalue weighted by molar-refractivity contribution is -0.132. The second kappa shape index (κ2) is 8.52. The smallest absolute Gasteiger partial charge is 0.226 e. The minimum atomic E-state index is 0.125. The van der Waals surface area contributed by atoms with E-state index in [9.17, 15) is 14.7 Å². The van der Waals surface area contributed by atoms with Crippen molar-refractivity contribution in [2.45, 2.75) is 57.0 Å². The van der Waals surface area contributed by atoms with Gasteiger partial charge >= 0.3 is 0 Å². The first-order chi connectivity index (χ1) is 13.6. The highest BCUT2D eigenvalue weighted by molar-refractivity contribution is 5.80. The summed E-state index contributed by atoms with van der Waals surface area (Å²) in [5.41, 5.74) is 0.854. The predicted molar refractivity (Wildman–Crippen MR) is 107 cm³/mol. The van der Waals surface area contributed by atoms with Crippen molar-refractivity contribution in [1.82, 2.24) is 15.1 Å². The Kier molecular flexibility index (Phi) is 5.85. The molecule has 1 saturated carbocycles. The summed E-state index contributed by atoms with van der Waals surface area (Å²) in [7, 11) is 0. The van der Waals surface area contributed by atoms with Crippen LogP contribution >= 0.6 is 0 Å². The lowest BCUT2D eigenvalue weighted by Crippen LogP contribution is -2.51. The summed E-state index contributed by atoms with van der Waals surface area (Å²) in [6.07, 6.45) is 6.64. The number of hydrogen-bond acceptors (Lipinski definition) is 4. The Bertz CT molecular complexity index is 711. The largest absolute Gasteiger partial charge is 0.508 e. The van der Waals surface area contributed by atoms with Crippen molar-refractivity contribution in [3.8, 4) is 5.75 Å². The quantitative estimate of drug-likeness (QED) is 0.812. The van der Waals surface area contributed by atoms with Gasteiger partial charge in [0.25, 0.3) is 0 Å². The van der Waals surface area contributed by atoms with Gasteiger partial charge in [-0.05, 0) is 62.8 Å². The van der Waals surface area contributed by atoms with E-state index in [0.29, 0.717) is 18.5 Å². The highest BCUT2D eigenvalue weighted by Gasteiger charge is 2.34. The van der Waals surface area contributed by atoms with Crippen LogP contribution < -0.4 is 5.32 Å². The Hall–Kier alpha value is -2.08. The van der Waals surface area contributed by atoms with Gasteiger partial charge in [-0.25, -0.2) is 0 Å². The zero-order valence-electron chi connectivity index (χ0n) is 16.5. The lowest BCUT2D eigenvalue weighted by Gasteiger charge is -2.42. The minimum absolute atomic E-state index is 0.125. The Morgan fingerprint density at radius 2 is 1.86 bits per heavy atom. The molecule has 3 aliphatic rings. The van der Waals surface area contributed by atoms with Crippen LogP contribution in [-0.2, 0) is 16.0 Å². The molecule has 1 atom stereocenters. The molecule has 0 aromatic heterocycles. The topological polar surface area (TPSA) is 72.9 Å². The molecule has 0 spiro atoms. The molecule has 6 heteroatoms. The highest BCUT2D eigenvalue weighted by Crippen LogP contribution is 2.26. The molecule has 2 aliphatic heterocycles. The number of benzene rings is 1. The SMILES string of the molecule is O=C(NC1CC1)[C@@H]1CCCN(C2CCN(C(=O)Cc3cccc(O)c3)CC2)C1. The first-order valence-corrected chi connectivity index (χ1v) is 10.7. The Labute approximate surface area is 166 Å². The number of nitrogens with one attached hydrogen (secondary N) is 1. The summed E-state index contributed by atoms with van der Waals surface area (Å²) in [5.74, 6) is 0.699. The van der Waals surface area contributed by atoms with E-state index in [-0.39, 0.29) is 23.5 Å². The fourth-order valence-electron chi connectivity index (χ4n) is 4.53. The van der Waals surface area contributed by atoms with Crippen LogP contribution in [0, 0.1) is 5.92 Å². The van der Waals surface area contributed by atoms with E-state index in [1.165, 1.54) is 0 Å². The van der Waals surface area contributed by atoms with Gasteiger partial charge in [-0.3, -0.25) is 14.5 Å². The predicted octanol–water partition coefficient (Wildman–Crippen LogP) is 1.92. The molecule has 4 rings (SSSR count). The van der Waals surface area contributed by atoms with Crippen molar-refractivity contribution < 1.29 is 14.7 Å². The number of piperidine rings is 2. The zero-order chi connectivity index (χ0) is 19.5. The van der Waals surface area contributed by atoms with Crippen LogP contribution in [0.4, 0.5) is 0 Å². The zero-order valence-corrected chi connectivity index (χ0v) is 16.5. The van der Waals surface area contributed by atoms with Crippen LogP contribution in [0.15, 0.2) is 24.3 Å². The molecular formula is C22H31N3O3. The molecule has 2 N–H and O–H groups in total. The van der Waals surface area contributed by atoms with Gasteiger partial charge < -0.3 is 15.3 Å². The van der Waals surface area contributed by atoms with Gasteiger partial charge in [-0.2, -0.15) is 0 Å². The van der Waals surface area contributed by atoms with Crippen molar-refractivity contribution >= 4 is 11.8 Å². The van der Waals surface area contributed by atoms with E-state index in [0.717, 1.165) is 70.3 Å². The third-order valence-corrected chi connectivity index (χ3v) is 6.35.